The molecule has 1 aromatic carbocycles. The summed E-state index contributed by atoms with van der Waals surface area (Å²) in [5.74, 6) is 1.86. The minimum Gasteiger partial charge on any atom is -0.465 e. The highest BCUT2D eigenvalue weighted by Gasteiger charge is 2.33. The number of hydrogen-bond acceptors (Lipinski definition) is 4. The third-order valence-electron chi connectivity index (χ3n) is 4.44. The maximum atomic E-state index is 10.7. The van der Waals surface area contributed by atoms with E-state index in [4.69, 9.17) is 21.1 Å². The number of nitrogens with zero attached hydrogens (tertiary/aromatic N) is 1. The Hall–Kier alpha value is -1.33. The monoisotopic (exact) mass is 311 g/mol. The Labute approximate surface area is 128 Å². The number of halogens is 1. The van der Waals surface area contributed by atoms with Gasteiger partial charge in [0.2, 0.25) is 0 Å². The van der Waals surface area contributed by atoms with Crippen LogP contribution >= 0.6 is 11.6 Å². The van der Waals surface area contributed by atoms with Crippen LogP contribution in [0.5, 0.6) is 5.75 Å². The fraction of sp³-hybridized carbons (Fsp3) is 0.600. The zero-order valence-corrected chi connectivity index (χ0v) is 12.4. The van der Waals surface area contributed by atoms with Crippen LogP contribution in [0.25, 0.3) is 0 Å². The van der Waals surface area contributed by atoms with Gasteiger partial charge in [-0.1, -0.05) is 24.4 Å². The second-order valence-corrected chi connectivity index (χ2v) is 6.20. The van der Waals surface area contributed by atoms with Gasteiger partial charge in [0.1, 0.15) is 10.8 Å². The number of nitro groups is 1. The zero-order chi connectivity index (χ0) is 14.8. The molecule has 1 saturated heterocycles. The zero-order valence-electron chi connectivity index (χ0n) is 11.7. The quantitative estimate of drug-likeness (QED) is 0.620. The van der Waals surface area contributed by atoms with Gasteiger partial charge in [0, 0.05) is 18.6 Å². The van der Waals surface area contributed by atoms with Gasteiger partial charge in [-0.25, -0.2) is 0 Å². The first-order valence-corrected chi connectivity index (χ1v) is 7.73. The maximum absolute atomic E-state index is 10.7. The van der Waals surface area contributed by atoms with Crippen molar-refractivity contribution < 1.29 is 14.4 Å². The van der Waals surface area contributed by atoms with Gasteiger partial charge >= 0.3 is 0 Å². The summed E-state index contributed by atoms with van der Waals surface area (Å²) in [6.07, 6.45) is 5.70. The van der Waals surface area contributed by atoms with Gasteiger partial charge < -0.3 is 9.47 Å². The van der Waals surface area contributed by atoms with E-state index in [2.05, 4.69) is 0 Å². The number of nitro benzene ring substituents is 1. The van der Waals surface area contributed by atoms with Crippen molar-refractivity contribution in [1.82, 2.24) is 0 Å². The van der Waals surface area contributed by atoms with Crippen molar-refractivity contribution in [2.45, 2.75) is 38.4 Å². The maximum Gasteiger partial charge on any atom is 0.288 e. The average Bonchev–Trinajstić information content (AvgIpc) is 2.47. The number of hydrogen-bond donors (Lipinski definition) is 0. The van der Waals surface area contributed by atoms with Gasteiger partial charge in [0.25, 0.3) is 5.69 Å². The number of ether oxygens (including phenoxy) is 2. The smallest absolute Gasteiger partial charge is 0.288 e. The molecule has 6 heteroatoms. The molecule has 0 bridgehead atoms. The molecular formula is C15H18ClNO4. The van der Waals surface area contributed by atoms with Crippen molar-refractivity contribution in [2.24, 2.45) is 11.8 Å². The molecule has 2 fully saturated rings. The largest absolute Gasteiger partial charge is 0.465 e. The van der Waals surface area contributed by atoms with Gasteiger partial charge in [-0.3, -0.25) is 10.1 Å². The molecule has 1 heterocycles. The van der Waals surface area contributed by atoms with Crippen LogP contribution in [0.4, 0.5) is 5.69 Å². The summed E-state index contributed by atoms with van der Waals surface area (Å²) in [6, 6.07) is 4.42. The Balaban J connectivity index is 1.64. The van der Waals surface area contributed by atoms with Crippen molar-refractivity contribution in [3.63, 3.8) is 0 Å². The van der Waals surface area contributed by atoms with Crippen molar-refractivity contribution in [3.8, 4) is 5.75 Å². The molecule has 5 nitrogen and oxygen atoms in total. The third kappa shape index (κ3) is 3.30. The molecule has 2 aliphatic rings. The first-order valence-electron chi connectivity index (χ1n) is 7.35. The first-order chi connectivity index (χ1) is 10.1. The summed E-state index contributed by atoms with van der Waals surface area (Å²) in [5.41, 5.74) is -0.110. The summed E-state index contributed by atoms with van der Waals surface area (Å²) in [4.78, 5) is 10.2. The van der Waals surface area contributed by atoms with E-state index in [1.807, 2.05) is 0 Å². The predicted octanol–water partition coefficient (Wildman–Crippen LogP) is 4.18. The molecule has 114 valence electrons. The van der Waals surface area contributed by atoms with Crippen LogP contribution in [0.3, 0.4) is 0 Å². The molecule has 1 aliphatic carbocycles. The normalized spacial score (nSPS) is 28.7. The average molecular weight is 312 g/mol. The third-order valence-corrected chi connectivity index (χ3v) is 4.74. The summed E-state index contributed by atoms with van der Waals surface area (Å²) < 4.78 is 11.6. The van der Waals surface area contributed by atoms with Gasteiger partial charge in [-0.05, 0) is 30.7 Å². The Bertz CT molecular complexity index is 536. The highest BCUT2D eigenvalue weighted by molar-refractivity contribution is 6.32. The molecule has 3 unspecified atom stereocenters. The second-order valence-electron chi connectivity index (χ2n) is 5.79. The van der Waals surface area contributed by atoms with Crippen LogP contribution in [0.15, 0.2) is 18.2 Å². The van der Waals surface area contributed by atoms with E-state index in [1.165, 1.54) is 37.8 Å². The molecule has 0 spiro atoms. The number of benzene rings is 1. The van der Waals surface area contributed by atoms with E-state index >= 15 is 0 Å². The van der Waals surface area contributed by atoms with E-state index < -0.39 is 4.92 Å². The molecule has 3 rings (SSSR count). The first kappa shape index (κ1) is 14.6. The van der Waals surface area contributed by atoms with Crippen LogP contribution in [0.1, 0.15) is 32.1 Å². The highest BCUT2D eigenvalue weighted by atomic mass is 35.5. The lowest BCUT2D eigenvalue weighted by Gasteiger charge is -2.38. The van der Waals surface area contributed by atoms with Crippen molar-refractivity contribution in [2.75, 3.05) is 6.61 Å². The van der Waals surface area contributed by atoms with Gasteiger partial charge in [0.15, 0.2) is 6.29 Å². The molecule has 0 radical (unpaired) electrons. The minimum atomic E-state index is -0.504. The van der Waals surface area contributed by atoms with Crippen LogP contribution < -0.4 is 4.74 Å². The summed E-state index contributed by atoms with van der Waals surface area (Å²) in [7, 11) is 0. The Morgan fingerprint density at radius 3 is 2.76 bits per heavy atom. The van der Waals surface area contributed by atoms with E-state index in [0.29, 0.717) is 17.6 Å². The number of rotatable bonds is 3. The van der Waals surface area contributed by atoms with Gasteiger partial charge in [-0.2, -0.15) is 0 Å². The lowest BCUT2D eigenvalue weighted by Crippen LogP contribution is -2.38. The topological polar surface area (TPSA) is 61.6 Å². The van der Waals surface area contributed by atoms with Crippen LogP contribution in [0, 0.1) is 22.0 Å². The summed E-state index contributed by atoms with van der Waals surface area (Å²) in [5, 5.41) is 10.8. The predicted molar refractivity (Wildman–Crippen MR) is 78.5 cm³/mol. The lowest BCUT2D eigenvalue weighted by molar-refractivity contribution is -0.384. The molecule has 21 heavy (non-hydrogen) atoms. The lowest BCUT2D eigenvalue weighted by atomic mass is 9.76. The van der Waals surface area contributed by atoms with Crippen LogP contribution in [-0.4, -0.2) is 17.8 Å². The minimum absolute atomic E-state index is 0.0869. The molecule has 0 N–H and O–H groups in total. The highest BCUT2D eigenvalue weighted by Crippen LogP contribution is 2.38. The SMILES string of the molecule is O=[N+]([O-])c1ccc(OC2CC3CCCCC3CO2)cc1Cl. The van der Waals surface area contributed by atoms with Crippen LogP contribution in [0.2, 0.25) is 5.02 Å². The van der Waals surface area contributed by atoms with Gasteiger partial charge in [0.05, 0.1) is 11.5 Å². The van der Waals surface area contributed by atoms with E-state index in [-0.39, 0.29) is 17.0 Å². The van der Waals surface area contributed by atoms with Gasteiger partial charge in [-0.15, -0.1) is 0 Å². The molecule has 1 saturated carbocycles. The molecular weight excluding hydrogens is 294 g/mol. The van der Waals surface area contributed by atoms with E-state index in [9.17, 15) is 10.1 Å². The second kappa shape index (κ2) is 6.20. The molecule has 0 amide bonds. The van der Waals surface area contributed by atoms with Crippen molar-refractivity contribution >= 4 is 17.3 Å². The Morgan fingerprint density at radius 2 is 2.05 bits per heavy atom. The summed E-state index contributed by atoms with van der Waals surface area (Å²) >= 11 is 5.89. The number of fused-ring (bicyclic) bond motifs is 1. The molecule has 3 atom stereocenters. The molecule has 1 aromatic rings. The molecule has 0 aromatic heterocycles. The molecule has 1 aliphatic heterocycles. The van der Waals surface area contributed by atoms with E-state index in [0.717, 1.165) is 13.0 Å². The Kier molecular flexibility index (Phi) is 4.31. The standard InChI is InChI=1S/C15H18ClNO4/c16-13-8-12(5-6-14(13)17(18)19)21-15-7-10-3-1-2-4-11(10)9-20-15/h5-6,8,10-11,15H,1-4,7,9H2. The Morgan fingerprint density at radius 1 is 1.29 bits per heavy atom. The van der Waals surface area contributed by atoms with Crippen molar-refractivity contribution in [3.05, 3.63) is 33.3 Å². The fourth-order valence-corrected chi connectivity index (χ4v) is 3.54. The summed E-state index contributed by atoms with van der Waals surface area (Å²) in [6.45, 7) is 0.746. The van der Waals surface area contributed by atoms with E-state index in [1.54, 1.807) is 6.07 Å². The fourth-order valence-electron chi connectivity index (χ4n) is 3.30. The van der Waals surface area contributed by atoms with Crippen molar-refractivity contribution in [1.29, 1.82) is 0 Å². The van der Waals surface area contributed by atoms with Crippen LogP contribution in [-0.2, 0) is 4.74 Å².